The van der Waals surface area contributed by atoms with Crippen LogP contribution in [0.3, 0.4) is 0 Å². The fourth-order valence-electron chi connectivity index (χ4n) is 2.20. The first-order valence-electron chi connectivity index (χ1n) is 7.83. The van der Waals surface area contributed by atoms with Crippen LogP contribution in [0.4, 0.5) is 10.8 Å². The molecule has 25 heavy (non-hydrogen) atoms. The summed E-state index contributed by atoms with van der Waals surface area (Å²) in [4.78, 5) is 12.3. The van der Waals surface area contributed by atoms with Crippen LogP contribution in [0, 0.1) is 0 Å². The number of amides is 1. The lowest BCUT2D eigenvalue weighted by Gasteiger charge is -2.06. The average molecular weight is 354 g/mol. The molecule has 0 aliphatic carbocycles. The van der Waals surface area contributed by atoms with Gasteiger partial charge in [0.25, 0.3) is 5.91 Å². The molecule has 0 saturated heterocycles. The van der Waals surface area contributed by atoms with Gasteiger partial charge in [-0.05, 0) is 55.5 Å². The van der Waals surface area contributed by atoms with Crippen LogP contribution in [0.5, 0.6) is 5.75 Å². The van der Waals surface area contributed by atoms with Gasteiger partial charge in [-0.1, -0.05) is 11.3 Å². The van der Waals surface area contributed by atoms with Gasteiger partial charge in [-0.15, -0.1) is 10.2 Å². The van der Waals surface area contributed by atoms with E-state index in [4.69, 9.17) is 4.74 Å². The van der Waals surface area contributed by atoms with Crippen LogP contribution in [0.2, 0.25) is 0 Å². The summed E-state index contributed by atoms with van der Waals surface area (Å²) in [7, 11) is 1.59. The number of hydrogen-bond donors (Lipinski definition) is 2. The predicted octanol–water partition coefficient (Wildman–Crippen LogP) is 3.90. The second kappa shape index (κ2) is 7.76. The van der Waals surface area contributed by atoms with Crippen LogP contribution in [0.1, 0.15) is 17.3 Å². The van der Waals surface area contributed by atoms with Crippen molar-refractivity contribution < 1.29 is 9.53 Å². The molecule has 0 atom stereocenters. The number of hydrogen-bond acceptors (Lipinski definition) is 6. The lowest BCUT2D eigenvalue weighted by Crippen LogP contribution is -2.11. The molecule has 0 unspecified atom stereocenters. The molecule has 2 N–H and O–H groups in total. The number of aromatic nitrogens is 2. The van der Waals surface area contributed by atoms with Crippen molar-refractivity contribution in [1.29, 1.82) is 0 Å². The van der Waals surface area contributed by atoms with Gasteiger partial charge in [0.2, 0.25) is 5.13 Å². The third-order valence-electron chi connectivity index (χ3n) is 3.49. The van der Waals surface area contributed by atoms with Crippen LogP contribution >= 0.6 is 11.3 Å². The van der Waals surface area contributed by atoms with E-state index in [1.54, 1.807) is 31.4 Å². The first kappa shape index (κ1) is 16.9. The molecule has 3 aromatic rings. The highest BCUT2D eigenvalue weighted by Crippen LogP contribution is 2.27. The zero-order valence-electron chi connectivity index (χ0n) is 13.9. The van der Waals surface area contributed by atoms with Gasteiger partial charge in [0.1, 0.15) is 10.8 Å². The molecule has 0 aliphatic rings. The summed E-state index contributed by atoms with van der Waals surface area (Å²) in [6.07, 6.45) is 0. The van der Waals surface area contributed by atoms with Gasteiger partial charge >= 0.3 is 0 Å². The normalized spacial score (nSPS) is 10.3. The Morgan fingerprint density at radius 2 is 1.80 bits per heavy atom. The summed E-state index contributed by atoms with van der Waals surface area (Å²) >= 11 is 1.50. The molecule has 1 heterocycles. The topological polar surface area (TPSA) is 76.1 Å². The number of nitrogens with one attached hydrogen (secondary N) is 2. The molecule has 6 nitrogen and oxygen atoms in total. The molecule has 7 heteroatoms. The van der Waals surface area contributed by atoms with E-state index in [0.717, 1.165) is 33.7 Å². The van der Waals surface area contributed by atoms with Crippen molar-refractivity contribution in [1.82, 2.24) is 10.2 Å². The number of benzene rings is 2. The number of rotatable bonds is 6. The third-order valence-corrected chi connectivity index (χ3v) is 4.42. The highest BCUT2D eigenvalue weighted by Gasteiger charge is 2.08. The number of carbonyl (C=O) groups excluding carboxylic acids is 1. The van der Waals surface area contributed by atoms with E-state index in [1.165, 1.54) is 11.3 Å². The fraction of sp³-hybridized carbons (Fsp3) is 0.167. The predicted molar refractivity (Wildman–Crippen MR) is 100 cm³/mol. The standard InChI is InChI=1S/C18H18N4O2S/c1-3-19-18-22-21-17(25-18)13-4-8-14(9-5-13)20-16(23)12-6-10-15(24-2)11-7-12/h4-11H,3H2,1-2H3,(H,19,22)(H,20,23). The molecule has 3 rings (SSSR count). The van der Waals surface area contributed by atoms with Crippen molar-refractivity contribution >= 4 is 28.1 Å². The Morgan fingerprint density at radius 3 is 2.44 bits per heavy atom. The van der Waals surface area contributed by atoms with Gasteiger partial charge in [0.15, 0.2) is 0 Å². The summed E-state index contributed by atoms with van der Waals surface area (Å²) in [5, 5.41) is 15.9. The maximum atomic E-state index is 12.3. The zero-order chi connectivity index (χ0) is 17.6. The summed E-state index contributed by atoms with van der Waals surface area (Å²) in [5.41, 5.74) is 2.26. The molecule has 0 fully saturated rings. The number of ether oxygens (including phenoxy) is 1. The van der Waals surface area contributed by atoms with Crippen molar-refractivity contribution in [3.05, 3.63) is 54.1 Å². The van der Waals surface area contributed by atoms with Crippen molar-refractivity contribution in [2.45, 2.75) is 6.92 Å². The average Bonchev–Trinajstić information content (AvgIpc) is 3.11. The van der Waals surface area contributed by atoms with Crippen molar-refractivity contribution in [3.8, 4) is 16.3 Å². The Bertz CT molecular complexity index is 844. The van der Waals surface area contributed by atoms with Crippen LogP contribution in [0.25, 0.3) is 10.6 Å². The van der Waals surface area contributed by atoms with Gasteiger partial charge in [0.05, 0.1) is 7.11 Å². The highest BCUT2D eigenvalue weighted by molar-refractivity contribution is 7.18. The Hall–Kier alpha value is -2.93. The fourth-order valence-corrected chi connectivity index (χ4v) is 3.02. The van der Waals surface area contributed by atoms with Crippen LogP contribution in [0.15, 0.2) is 48.5 Å². The molecule has 2 aromatic carbocycles. The maximum absolute atomic E-state index is 12.3. The third kappa shape index (κ3) is 4.13. The quantitative estimate of drug-likeness (QED) is 0.702. The number of nitrogens with zero attached hydrogens (tertiary/aromatic N) is 2. The van der Waals surface area contributed by atoms with Gasteiger partial charge in [-0.3, -0.25) is 4.79 Å². The monoisotopic (exact) mass is 354 g/mol. The molecular weight excluding hydrogens is 336 g/mol. The number of anilines is 2. The van der Waals surface area contributed by atoms with Crippen molar-refractivity contribution in [2.75, 3.05) is 24.3 Å². The summed E-state index contributed by atoms with van der Waals surface area (Å²) in [5.74, 6) is 0.552. The van der Waals surface area contributed by atoms with Crippen LogP contribution < -0.4 is 15.4 Å². The molecule has 0 spiro atoms. The van der Waals surface area contributed by atoms with Crippen molar-refractivity contribution in [3.63, 3.8) is 0 Å². The Morgan fingerprint density at radius 1 is 1.08 bits per heavy atom. The van der Waals surface area contributed by atoms with Crippen molar-refractivity contribution in [2.24, 2.45) is 0 Å². The molecule has 1 amide bonds. The Balaban J connectivity index is 1.67. The number of methoxy groups -OCH3 is 1. The molecule has 0 aliphatic heterocycles. The van der Waals surface area contributed by atoms with Crippen LogP contribution in [-0.4, -0.2) is 29.8 Å². The highest BCUT2D eigenvalue weighted by atomic mass is 32.1. The Labute approximate surface area is 149 Å². The minimum atomic E-state index is -0.166. The van der Waals surface area contributed by atoms with Gasteiger partial charge in [-0.2, -0.15) is 0 Å². The van der Waals surface area contributed by atoms with E-state index in [1.807, 2.05) is 31.2 Å². The zero-order valence-corrected chi connectivity index (χ0v) is 14.8. The van der Waals surface area contributed by atoms with Gasteiger partial charge in [-0.25, -0.2) is 0 Å². The lowest BCUT2D eigenvalue weighted by atomic mass is 10.2. The van der Waals surface area contributed by atoms with E-state index in [-0.39, 0.29) is 5.91 Å². The first-order valence-corrected chi connectivity index (χ1v) is 8.64. The SMILES string of the molecule is CCNc1nnc(-c2ccc(NC(=O)c3ccc(OC)cc3)cc2)s1. The van der Waals surface area contributed by atoms with E-state index in [0.29, 0.717) is 5.56 Å². The lowest BCUT2D eigenvalue weighted by molar-refractivity contribution is 0.102. The Kier molecular flexibility index (Phi) is 5.25. The minimum absolute atomic E-state index is 0.166. The molecule has 0 saturated carbocycles. The van der Waals surface area contributed by atoms with Gasteiger partial charge in [0, 0.05) is 23.4 Å². The molecule has 1 aromatic heterocycles. The minimum Gasteiger partial charge on any atom is -0.497 e. The summed E-state index contributed by atoms with van der Waals surface area (Å²) in [6, 6.07) is 14.5. The van der Waals surface area contributed by atoms with E-state index >= 15 is 0 Å². The molecule has 0 bridgehead atoms. The van der Waals surface area contributed by atoms with E-state index in [9.17, 15) is 4.79 Å². The smallest absolute Gasteiger partial charge is 0.255 e. The molecule has 0 radical (unpaired) electrons. The largest absolute Gasteiger partial charge is 0.497 e. The summed E-state index contributed by atoms with van der Waals surface area (Å²) in [6.45, 7) is 2.83. The van der Waals surface area contributed by atoms with E-state index in [2.05, 4.69) is 20.8 Å². The first-order chi connectivity index (χ1) is 12.2. The number of carbonyl (C=O) groups is 1. The summed E-state index contributed by atoms with van der Waals surface area (Å²) < 4.78 is 5.09. The van der Waals surface area contributed by atoms with E-state index < -0.39 is 0 Å². The maximum Gasteiger partial charge on any atom is 0.255 e. The molecule has 128 valence electrons. The van der Waals surface area contributed by atoms with Gasteiger partial charge < -0.3 is 15.4 Å². The van der Waals surface area contributed by atoms with Crippen LogP contribution in [-0.2, 0) is 0 Å². The second-order valence-electron chi connectivity index (χ2n) is 5.20. The second-order valence-corrected chi connectivity index (χ2v) is 6.18. The molecular formula is C18H18N4O2S.